The summed E-state index contributed by atoms with van der Waals surface area (Å²) in [5, 5.41) is 2.48. The largest absolute Gasteiger partial charge is 0.370 e. The molecule has 0 radical (unpaired) electrons. The summed E-state index contributed by atoms with van der Waals surface area (Å²) in [7, 11) is 0. The maximum Gasteiger partial charge on any atom is 0.287 e. The summed E-state index contributed by atoms with van der Waals surface area (Å²) in [6.45, 7) is 0.294. The first-order chi connectivity index (χ1) is 8.09. The number of rotatable bonds is 6. The van der Waals surface area contributed by atoms with Crippen molar-refractivity contribution in [2.45, 2.75) is 19.4 Å². The molecular weight excluding hydrogens is 220 g/mol. The summed E-state index contributed by atoms with van der Waals surface area (Å²) in [5.74, 6) is -1.90. The third-order valence-corrected chi connectivity index (χ3v) is 2.15. The molecule has 3 N–H and O–H groups in total. The lowest BCUT2D eigenvalue weighted by molar-refractivity contribution is -0.138. The summed E-state index contributed by atoms with van der Waals surface area (Å²) in [4.78, 5) is 33.0. The first-order valence-electron chi connectivity index (χ1n) is 5.23. The Morgan fingerprint density at radius 1 is 1.06 bits per heavy atom. The van der Waals surface area contributed by atoms with Crippen molar-refractivity contribution in [1.82, 2.24) is 5.32 Å². The Balaban J connectivity index is 2.34. The van der Waals surface area contributed by atoms with Crippen LogP contribution in [0.3, 0.4) is 0 Å². The predicted octanol–water partition coefficient (Wildman–Crippen LogP) is 0.137. The monoisotopic (exact) mass is 234 g/mol. The molecule has 1 aromatic rings. The van der Waals surface area contributed by atoms with E-state index in [9.17, 15) is 14.4 Å². The maximum absolute atomic E-state index is 11.3. The van der Waals surface area contributed by atoms with Gasteiger partial charge in [-0.2, -0.15) is 0 Å². The Morgan fingerprint density at radius 2 is 1.71 bits per heavy atom. The molecule has 0 aliphatic rings. The van der Waals surface area contributed by atoms with E-state index in [4.69, 9.17) is 5.73 Å². The van der Waals surface area contributed by atoms with Crippen LogP contribution in [0.5, 0.6) is 0 Å². The second-order valence-corrected chi connectivity index (χ2v) is 3.56. The van der Waals surface area contributed by atoms with Gasteiger partial charge in [0.25, 0.3) is 5.91 Å². The molecule has 0 aliphatic carbocycles. The summed E-state index contributed by atoms with van der Waals surface area (Å²) >= 11 is 0. The molecule has 1 aromatic carbocycles. The molecule has 0 aromatic heterocycles. The van der Waals surface area contributed by atoms with Crippen molar-refractivity contribution in [3.05, 3.63) is 35.9 Å². The van der Waals surface area contributed by atoms with Crippen molar-refractivity contribution in [2.75, 3.05) is 0 Å². The zero-order valence-corrected chi connectivity index (χ0v) is 9.31. The van der Waals surface area contributed by atoms with Gasteiger partial charge in [0, 0.05) is 19.4 Å². The molecule has 0 heterocycles. The van der Waals surface area contributed by atoms with Crippen LogP contribution in [0.1, 0.15) is 18.4 Å². The average Bonchev–Trinajstić information content (AvgIpc) is 2.34. The normalized spacial score (nSPS) is 9.65. The fourth-order valence-electron chi connectivity index (χ4n) is 1.23. The molecule has 0 atom stereocenters. The molecule has 90 valence electrons. The molecule has 2 amide bonds. The molecule has 17 heavy (non-hydrogen) atoms. The number of ketones is 1. The highest BCUT2D eigenvalue weighted by molar-refractivity contribution is 6.36. The van der Waals surface area contributed by atoms with Crippen molar-refractivity contribution in [3.8, 4) is 0 Å². The lowest BCUT2D eigenvalue weighted by atomic mass is 10.2. The van der Waals surface area contributed by atoms with E-state index in [1.165, 1.54) is 0 Å². The van der Waals surface area contributed by atoms with Gasteiger partial charge >= 0.3 is 0 Å². The summed E-state index contributed by atoms with van der Waals surface area (Å²) in [6, 6.07) is 9.23. The van der Waals surface area contributed by atoms with Gasteiger partial charge in [-0.15, -0.1) is 0 Å². The second-order valence-electron chi connectivity index (χ2n) is 3.56. The van der Waals surface area contributed by atoms with E-state index in [2.05, 4.69) is 5.32 Å². The molecule has 1 rings (SSSR count). The van der Waals surface area contributed by atoms with Crippen LogP contribution in [-0.2, 0) is 20.9 Å². The molecule has 0 bridgehead atoms. The van der Waals surface area contributed by atoms with Crippen molar-refractivity contribution < 1.29 is 14.4 Å². The van der Waals surface area contributed by atoms with Crippen molar-refractivity contribution in [2.24, 2.45) is 5.73 Å². The second kappa shape index (κ2) is 6.42. The number of benzene rings is 1. The van der Waals surface area contributed by atoms with E-state index >= 15 is 0 Å². The number of amides is 2. The smallest absolute Gasteiger partial charge is 0.287 e. The van der Waals surface area contributed by atoms with Gasteiger partial charge < -0.3 is 11.1 Å². The van der Waals surface area contributed by atoms with Crippen molar-refractivity contribution in [3.63, 3.8) is 0 Å². The Kier molecular flexibility index (Phi) is 4.87. The van der Waals surface area contributed by atoms with E-state index in [-0.39, 0.29) is 12.8 Å². The average molecular weight is 234 g/mol. The highest BCUT2D eigenvalue weighted by atomic mass is 16.2. The number of Topliss-reactive ketones (excluding diaryl/α,β-unsaturated/α-hetero) is 1. The molecule has 0 saturated heterocycles. The molecule has 0 fully saturated rings. The van der Waals surface area contributed by atoms with Gasteiger partial charge in [0.1, 0.15) is 0 Å². The molecule has 0 aliphatic heterocycles. The Labute approximate surface area is 99.0 Å². The summed E-state index contributed by atoms with van der Waals surface area (Å²) in [5.41, 5.74) is 5.79. The van der Waals surface area contributed by atoms with Gasteiger partial charge in [-0.25, -0.2) is 0 Å². The van der Waals surface area contributed by atoms with Gasteiger partial charge in [-0.05, 0) is 5.56 Å². The molecule has 0 saturated carbocycles. The lowest BCUT2D eigenvalue weighted by Gasteiger charge is -2.03. The number of primary amides is 1. The zero-order valence-electron chi connectivity index (χ0n) is 9.31. The number of hydrogen-bond donors (Lipinski definition) is 2. The van der Waals surface area contributed by atoms with Gasteiger partial charge in [0.05, 0.1) is 0 Å². The third-order valence-electron chi connectivity index (χ3n) is 2.15. The molecular formula is C12H14N2O3. The van der Waals surface area contributed by atoms with E-state index < -0.39 is 17.6 Å². The van der Waals surface area contributed by atoms with E-state index in [1.54, 1.807) is 0 Å². The van der Waals surface area contributed by atoms with Crippen LogP contribution in [-0.4, -0.2) is 17.6 Å². The van der Waals surface area contributed by atoms with Crippen molar-refractivity contribution in [1.29, 1.82) is 0 Å². The van der Waals surface area contributed by atoms with E-state index in [0.717, 1.165) is 5.56 Å². The van der Waals surface area contributed by atoms with Crippen LogP contribution < -0.4 is 11.1 Å². The fraction of sp³-hybridized carbons (Fsp3) is 0.250. The van der Waals surface area contributed by atoms with Gasteiger partial charge in [-0.3, -0.25) is 14.4 Å². The fourth-order valence-corrected chi connectivity index (χ4v) is 1.23. The van der Waals surface area contributed by atoms with Crippen LogP contribution in [0.4, 0.5) is 0 Å². The number of nitrogens with two attached hydrogens (primary N) is 1. The Bertz CT molecular complexity index is 415. The highest BCUT2D eigenvalue weighted by Gasteiger charge is 2.13. The van der Waals surface area contributed by atoms with E-state index in [1.807, 2.05) is 30.3 Å². The standard InChI is InChI=1S/C12H14N2O3/c13-11(16)7-6-10(15)12(17)14-8-9-4-2-1-3-5-9/h1-5H,6-8H2,(H2,13,16)(H,14,17). The molecule has 5 nitrogen and oxygen atoms in total. The third kappa shape index (κ3) is 4.92. The minimum absolute atomic E-state index is 0.0996. The lowest BCUT2D eigenvalue weighted by Crippen LogP contribution is -2.31. The number of carbonyl (C=O) groups is 3. The minimum atomic E-state index is -0.685. The van der Waals surface area contributed by atoms with E-state index in [0.29, 0.717) is 6.54 Å². The van der Waals surface area contributed by atoms with Crippen LogP contribution in [0.15, 0.2) is 30.3 Å². The SMILES string of the molecule is NC(=O)CCC(=O)C(=O)NCc1ccccc1. The van der Waals surface area contributed by atoms with Crippen LogP contribution in [0.2, 0.25) is 0 Å². The van der Waals surface area contributed by atoms with Crippen LogP contribution in [0, 0.1) is 0 Å². The Hall–Kier alpha value is -2.17. The topological polar surface area (TPSA) is 89.3 Å². The van der Waals surface area contributed by atoms with Crippen molar-refractivity contribution >= 4 is 17.6 Å². The maximum atomic E-state index is 11.3. The first-order valence-corrected chi connectivity index (χ1v) is 5.23. The molecule has 0 spiro atoms. The minimum Gasteiger partial charge on any atom is -0.370 e. The van der Waals surface area contributed by atoms with Gasteiger partial charge in [0.15, 0.2) is 0 Å². The van der Waals surface area contributed by atoms with Crippen LogP contribution >= 0.6 is 0 Å². The number of carbonyl (C=O) groups excluding carboxylic acids is 3. The summed E-state index contributed by atoms with van der Waals surface area (Å²) < 4.78 is 0. The quantitative estimate of drug-likeness (QED) is 0.686. The highest BCUT2D eigenvalue weighted by Crippen LogP contribution is 1.97. The van der Waals surface area contributed by atoms with Crippen LogP contribution in [0.25, 0.3) is 0 Å². The first kappa shape index (κ1) is 12.9. The predicted molar refractivity (Wildman–Crippen MR) is 61.7 cm³/mol. The molecule has 5 heteroatoms. The van der Waals surface area contributed by atoms with Gasteiger partial charge in [-0.1, -0.05) is 30.3 Å². The summed E-state index contributed by atoms with van der Waals surface area (Å²) in [6.07, 6.45) is -0.243. The Morgan fingerprint density at radius 3 is 2.29 bits per heavy atom. The number of hydrogen-bond acceptors (Lipinski definition) is 3. The zero-order chi connectivity index (χ0) is 12.7. The van der Waals surface area contributed by atoms with Gasteiger partial charge in [0.2, 0.25) is 11.7 Å². The number of nitrogens with one attached hydrogen (secondary N) is 1. The molecule has 0 unspecified atom stereocenters.